The zero-order valence-corrected chi connectivity index (χ0v) is 8.88. The summed E-state index contributed by atoms with van der Waals surface area (Å²) in [6.45, 7) is 3.69. The maximum absolute atomic E-state index is 12.8. The number of nitrogens with two attached hydrogens (primary N) is 1. The van der Waals surface area contributed by atoms with Crippen LogP contribution in [0.5, 0.6) is 5.75 Å². The Morgan fingerprint density at radius 1 is 1.43 bits per heavy atom. The van der Waals surface area contributed by atoms with Crippen molar-refractivity contribution in [3.63, 3.8) is 0 Å². The lowest BCUT2D eigenvalue weighted by atomic mass is 10.2. The molecule has 1 rings (SSSR count). The molecule has 1 aromatic carbocycles. The molecule has 0 aromatic heterocycles. The number of rotatable bonds is 3. The van der Waals surface area contributed by atoms with Crippen LogP contribution in [-0.2, 0) is 0 Å². The normalized spacial score (nSPS) is 14.9. The van der Waals surface area contributed by atoms with Gasteiger partial charge in [-0.3, -0.25) is 0 Å². The van der Waals surface area contributed by atoms with Gasteiger partial charge < -0.3 is 10.5 Å². The van der Waals surface area contributed by atoms with E-state index < -0.39 is 5.82 Å². The molecule has 0 bridgehead atoms. The van der Waals surface area contributed by atoms with Crippen molar-refractivity contribution < 1.29 is 9.13 Å². The van der Waals surface area contributed by atoms with E-state index in [2.05, 4.69) is 0 Å². The van der Waals surface area contributed by atoms with Crippen LogP contribution in [-0.4, -0.2) is 12.1 Å². The molecular formula is C10H13ClFNO. The first kappa shape index (κ1) is 11.3. The molecule has 0 saturated heterocycles. The Labute approximate surface area is 87.8 Å². The summed E-state index contributed by atoms with van der Waals surface area (Å²) < 4.78 is 18.2. The average Bonchev–Trinajstić information content (AvgIpc) is 2.11. The van der Waals surface area contributed by atoms with Crippen LogP contribution >= 0.6 is 11.6 Å². The fourth-order valence-corrected chi connectivity index (χ4v) is 1.04. The van der Waals surface area contributed by atoms with Gasteiger partial charge in [0.05, 0.1) is 5.02 Å². The zero-order chi connectivity index (χ0) is 10.7. The van der Waals surface area contributed by atoms with Crippen LogP contribution in [0.15, 0.2) is 18.2 Å². The highest BCUT2D eigenvalue weighted by Crippen LogP contribution is 2.22. The van der Waals surface area contributed by atoms with Gasteiger partial charge in [-0.25, -0.2) is 4.39 Å². The lowest BCUT2D eigenvalue weighted by molar-refractivity contribution is 0.196. The topological polar surface area (TPSA) is 35.2 Å². The van der Waals surface area contributed by atoms with E-state index >= 15 is 0 Å². The van der Waals surface area contributed by atoms with Gasteiger partial charge in [0, 0.05) is 12.1 Å². The number of hydrogen-bond donors (Lipinski definition) is 1. The van der Waals surface area contributed by atoms with Crippen LogP contribution in [0.1, 0.15) is 13.8 Å². The first-order valence-corrected chi connectivity index (χ1v) is 4.76. The highest BCUT2D eigenvalue weighted by atomic mass is 35.5. The van der Waals surface area contributed by atoms with Gasteiger partial charge in [0.15, 0.2) is 0 Å². The Balaban J connectivity index is 2.73. The third-order valence-corrected chi connectivity index (χ3v) is 2.24. The predicted molar refractivity (Wildman–Crippen MR) is 55.1 cm³/mol. The molecule has 0 heterocycles. The molecule has 0 aliphatic heterocycles. The van der Waals surface area contributed by atoms with Gasteiger partial charge in [-0.1, -0.05) is 11.6 Å². The van der Waals surface area contributed by atoms with Crippen LogP contribution in [0.4, 0.5) is 4.39 Å². The number of halogens is 2. The molecule has 0 fully saturated rings. The van der Waals surface area contributed by atoms with Crippen molar-refractivity contribution in [2.45, 2.75) is 26.0 Å². The van der Waals surface area contributed by atoms with Gasteiger partial charge in [0.2, 0.25) is 0 Å². The molecule has 0 aliphatic rings. The first-order chi connectivity index (χ1) is 6.50. The summed E-state index contributed by atoms with van der Waals surface area (Å²) in [6, 6.07) is 4.15. The third kappa shape index (κ3) is 2.86. The molecule has 0 saturated carbocycles. The summed E-state index contributed by atoms with van der Waals surface area (Å²) in [7, 11) is 0. The van der Waals surface area contributed by atoms with Crippen molar-refractivity contribution in [2.75, 3.05) is 0 Å². The monoisotopic (exact) mass is 217 g/mol. The third-order valence-electron chi connectivity index (χ3n) is 1.95. The lowest BCUT2D eigenvalue weighted by Gasteiger charge is -2.18. The van der Waals surface area contributed by atoms with Crippen LogP contribution in [0.25, 0.3) is 0 Å². The van der Waals surface area contributed by atoms with Crippen LogP contribution < -0.4 is 10.5 Å². The molecule has 4 heteroatoms. The van der Waals surface area contributed by atoms with Crippen molar-refractivity contribution in [1.29, 1.82) is 0 Å². The zero-order valence-electron chi connectivity index (χ0n) is 8.13. The predicted octanol–water partition coefficient (Wildman–Crippen LogP) is 2.59. The smallest absolute Gasteiger partial charge is 0.142 e. The van der Waals surface area contributed by atoms with Gasteiger partial charge in [0.25, 0.3) is 0 Å². The summed E-state index contributed by atoms with van der Waals surface area (Å²) in [6.07, 6.45) is -0.128. The van der Waals surface area contributed by atoms with Gasteiger partial charge in [-0.15, -0.1) is 0 Å². The van der Waals surface area contributed by atoms with Gasteiger partial charge >= 0.3 is 0 Å². The van der Waals surface area contributed by atoms with E-state index in [9.17, 15) is 4.39 Å². The second-order valence-electron chi connectivity index (χ2n) is 3.26. The lowest BCUT2D eigenvalue weighted by Crippen LogP contribution is -2.33. The highest BCUT2D eigenvalue weighted by molar-refractivity contribution is 6.30. The van der Waals surface area contributed by atoms with Crippen LogP contribution in [0.3, 0.4) is 0 Å². The van der Waals surface area contributed by atoms with Crippen molar-refractivity contribution in [1.82, 2.24) is 0 Å². The summed E-state index contributed by atoms with van der Waals surface area (Å²) in [5, 5.41) is 0.0550. The molecule has 78 valence electrons. The Bertz CT molecular complexity index is 317. The van der Waals surface area contributed by atoms with E-state index in [1.54, 1.807) is 0 Å². The van der Waals surface area contributed by atoms with Crippen molar-refractivity contribution in [2.24, 2.45) is 5.73 Å². The fourth-order valence-electron chi connectivity index (χ4n) is 0.872. The fraction of sp³-hybridized carbons (Fsp3) is 0.400. The van der Waals surface area contributed by atoms with Gasteiger partial charge in [-0.2, -0.15) is 0 Å². The quantitative estimate of drug-likeness (QED) is 0.845. The van der Waals surface area contributed by atoms with E-state index in [0.717, 1.165) is 0 Å². The first-order valence-electron chi connectivity index (χ1n) is 4.38. The molecule has 0 amide bonds. The maximum atomic E-state index is 12.8. The summed E-state index contributed by atoms with van der Waals surface area (Å²) in [5.41, 5.74) is 5.62. The number of benzene rings is 1. The molecule has 0 spiro atoms. The Morgan fingerprint density at radius 2 is 2.07 bits per heavy atom. The van der Waals surface area contributed by atoms with E-state index in [0.29, 0.717) is 5.75 Å². The summed E-state index contributed by atoms with van der Waals surface area (Å²) >= 11 is 5.59. The Hall–Kier alpha value is -0.800. The largest absolute Gasteiger partial charge is 0.489 e. The van der Waals surface area contributed by atoms with Gasteiger partial charge in [-0.05, 0) is 26.0 Å². The minimum atomic E-state index is -0.451. The van der Waals surface area contributed by atoms with Crippen molar-refractivity contribution in [3.8, 4) is 5.75 Å². The van der Waals surface area contributed by atoms with E-state index in [1.165, 1.54) is 18.2 Å². The molecule has 0 aliphatic carbocycles. The molecule has 2 atom stereocenters. The second-order valence-corrected chi connectivity index (χ2v) is 3.67. The molecule has 0 radical (unpaired) electrons. The minimum absolute atomic E-state index is 0.0550. The summed E-state index contributed by atoms with van der Waals surface area (Å²) in [5.74, 6) is 0.0775. The summed E-state index contributed by atoms with van der Waals surface area (Å²) in [4.78, 5) is 0. The Kier molecular flexibility index (Phi) is 3.72. The maximum Gasteiger partial charge on any atom is 0.142 e. The highest BCUT2D eigenvalue weighted by Gasteiger charge is 2.10. The van der Waals surface area contributed by atoms with Crippen molar-refractivity contribution >= 4 is 11.6 Å². The average molecular weight is 218 g/mol. The van der Waals surface area contributed by atoms with E-state index in [-0.39, 0.29) is 17.2 Å². The van der Waals surface area contributed by atoms with Crippen LogP contribution in [0, 0.1) is 5.82 Å². The minimum Gasteiger partial charge on any atom is -0.489 e. The Morgan fingerprint density at radius 3 is 2.57 bits per heavy atom. The van der Waals surface area contributed by atoms with E-state index in [4.69, 9.17) is 22.1 Å². The van der Waals surface area contributed by atoms with Crippen LogP contribution in [0.2, 0.25) is 5.02 Å². The van der Waals surface area contributed by atoms with E-state index in [1.807, 2.05) is 13.8 Å². The molecule has 1 unspecified atom stereocenters. The molecule has 1 aromatic rings. The molecule has 2 nitrogen and oxygen atoms in total. The van der Waals surface area contributed by atoms with Gasteiger partial charge in [0.1, 0.15) is 17.7 Å². The SMILES string of the molecule is CC(N)[C@H](C)Oc1ccc(F)c(Cl)c1. The second kappa shape index (κ2) is 4.62. The molecule has 2 N–H and O–H groups in total. The number of hydrogen-bond acceptors (Lipinski definition) is 2. The molecular weight excluding hydrogens is 205 g/mol. The molecule has 14 heavy (non-hydrogen) atoms. The number of ether oxygens (including phenoxy) is 1. The standard InChI is InChI=1S/C10H13ClFNO/c1-6(13)7(2)14-8-3-4-10(12)9(11)5-8/h3-7H,13H2,1-2H3/t6?,7-/m0/s1. The van der Waals surface area contributed by atoms with Crippen molar-refractivity contribution in [3.05, 3.63) is 29.0 Å².